The van der Waals surface area contributed by atoms with Gasteiger partial charge in [0.2, 0.25) is 5.91 Å². The third kappa shape index (κ3) is 4.53. The number of amides is 3. The molecule has 26 heavy (non-hydrogen) atoms. The molecule has 0 aromatic heterocycles. The molecule has 6 heteroatoms. The van der Waals surface area contributed by atoms with Gasteiger partial charge in [-0.2, -0.15) is 0 Å². The minimum absolute atomic E-state index is 0.117. The minimum Gasteiger partial charge on any atom is -0.368 e. The first-order valence-electron chi connectivity index (χ1n) is 8.76. The summed E-state index contributed by atoms with van der Waals surface area (Å²) < 4.78 is 0. The quantitative estimate of drug-likeness (QED) is 0.891. The third-order valence-corrected chi connectivity index (χ3v) is 4.37. The fraction of sp³-hybridized carbons (Fsp3) is 0.300. The zero-order valence-electron chi connectivity index (χ0n) is 15.2. The lowest BCUT2D eigenvalue weighted by atomic mass is 10.2. The molecule has 0 radical (unpaired) electrons. The number of hydrogen-bond acceptors (Lipinski definition) is 3. The van der Waals surface area contributed by atoms with Gasteiger partial charge in [-0.15, -0.1) is 0 Å². The van der Waals surface area contributed by atoms with E-state index in [1.807, 2.05) is 11.0 Å². The number of carbonyl (C=O) groups is 2. The van der Waals surface area contributed by atoms with E-state index < -0.39 is 0 Å². The first-order chi connectivity index (χ1) is 12.5. The SMILES string of the molecule is CC(=O)Nc1cccc(NC(=O)N2CCN(c3cccc(C)c3)CC2)c1. The minimum atomic E-state index is -0.138. The van der Waals surface area contributed by atoms with E-state index in [1.165, 1.54) is 18.2 Å². The average molecular weight is 352 g/mol. The normalized spacial score (nSPS) is 14.1. The summed E-state index contributed by atoms with van der Waals surface area (Å²) in [6, 6.07) is 15.5. The van der Waals surface area contributed by atoms with Gasteiger partial charge < -0.3 is 20.4 Å². The van der Waals surface area contributed by atoms with Crippen LogP contribution in [0.2, 0.25) is 0 Å². The van der Waals surface area contributed by atoms with Gasteiger partial charge in [-0.3, -0.25) is 4.79 Å². The van der Waals surface area contributed by atoms with Crippen LogP contribution in [0.5, 0.6) is 0 Å². The summed E-state index contributed by atoms with van der Waals surface area (Å²) in [4.78, 5) is 27.8. The largest absolute Gasteiger partial charge is 0.368 e. The zero-order chi connectivity index (χ0) is 18.5. The van der Waals surface area contributed by atoms with Crippen LogP contribution in [-0.2, 0) is 4.79 Å². The lowest BCUT2D eigenvalue weighted by Crippen LogP contribution is -2.50. The van der Waals surface area contributed by atoms with E-state index >= 15 is 0 Å². The number of hydrogen-bond donors (Lipinski definition) is 2. The van der Waals surface area contributed by atoms with Crippen molar-refractivity contribution in [1.29, 1.82) is 0 Å². The van der Waals surface area contributed by atoms with Crippen LogP contribution in [0.25, 0.3) is 0 Å². The monoisotopic (exact) mass is 352 g/mol. The molecule has 1 aliphatic heterocycles. The Morgan fingerprint density at radius 3 is 2.19 bits per heavy atom. The molecule has 2 aromatic rings. The highest BCUT2D eigenvalue weighted by Gasteiger charge is 2.21. The maximum Gasteiger partial charge on any atom is 0.321 e. The van der Waals surface area contributed by atoms with Gasteiger partial charge in [-0.1, -0.05) is 18.2 Å². The van der Waals surface area contributed by atoms with Crippen LogP contribution in [0.3, 0.4) is 0 Å². The van der Waals surface area contributed by atoms with E-state index in [1.54, 1.807) is 18.2 Å². The molecular weight excluding hydrogens is 328 g/mol. The molecule has 0 unspecified atom stereocenters. The Morgan fingerprint density at radius 1 is 0.885 bits per heavy atom. The van der Waals surface area contributed by atoms with Crippen LogP contribution in [0.15, 0.2) is 48.5 Å². The summed E-state index contributed by atoms with van der Waals surface area (Å²) in [6.45, 7) is 6.50. The van der Waals surface area contributed by atoms with Gasteiger partial charge in [-0.25, -0.2) is 4.79 Å². The molecule has 6 nitrogen and oxygen atoms in total. The van der Waals surface area contributed by atoms with Gasteiger partial charge in [0.05, 0.1) is 0 Å². The maximum absolute atomic E-state index is 12.5. The molecule has 1 saturated heterocycles. The van der Waals surface area contributed by atoms with Crippen LogP contribution in [-0.4, -0.2) is 43.0 Å². The topological polar surface area (TPSA) is 64.7 Å². The van der Waals surface area contributed by atoms with Gasteiger partial charge in [-0.05, 0) is 42.8 Å². The molecule has 2 N–H and O–H groups in total. The average Bonchev–Trinajstić information content (AvgIpc) is 2.61. The molecule has 1 aliphatic rings. The number of aryl methyl sites for hydroxylation is 1. The highest BCUT2D eigenvalue weighted by Crippen LogP contribution is 2.19. The zero-order valence-corrected chi connectivity index (χ0v) is 15.2. The third-order valence-electron chi connectivity index (χ3n) is 4.37. The smallest absolute Gasteiger partial charge is 0.321 e. The van der Waals surface area contributed by atoms with Gasteiger partial charge >= 0.3 is 6.03 Å². The Bertz CT molecular complexity index is 798. The van der Waals surface area contributed by atoms with E-state index in [4.69, 9.17) is 0 Å². The summed E-state index contributed by atoms with van der Waals surface area (Å²) in [7, 11) is 0. The van der Waals surface area contributed by atoms with E-state index in [0.717, 1.165) is 13.1 Å². The van der Waals surface area contributed by atoms with Gasteiger partial charge in [0.25, 0.3) is 0 Å². The number of anilines is 3. The number of nitrogens with zero attached hydrogens (tertiary/aromatic N) is 2. The maximum atomic E-state index is 12.5. The van der Waals surface area contributed by atoms with Crippen LogP contribution in [0.4, 0.5) is 21.9 Å². The molecular formula is C20H24N4O2. The van der Waals surface area contributed by atoms with Crippen LogP contribution >= 0.6 is 0 Å². The molecule has 0 saturated carbocycles. The molecule has 136 valence electrons. The highest BCUT2D eigenvalue weighted by atomic mass is 16.2. The number of piperazine rings is 1. The van der Waals surface area contributed by atoms with Crippen molar-refractivity contribution in [3.63, 3.8) is 0 Å². The second-order valence-corrected chi connectivity index (χ2v) is 6.51. The lowest BCUT2D eigenvalue weighted by molar-refractivity contribution is -0.114. The number of urea groups is 1. The van der Waals surface area contributed by atoms with Crippen molar-refractivity contribution in [1.82, 2.24) is 4.90 Å². The predicted molar refractivity (Wildman–Crippen MR) is 105 cm³/mol. The summed E-state index contributed by atoms with van der Waals surface area (Å²) in [5.74, 6) is -0.138. The summed E-state index contributed by atoms with van der Waals surface area (Å²) in [6.07, 6.45) is 0. The number of benzene rings is 2. The van der Waals surface area contributed by atoms with Crippen molar-refractivity contribution in [2.24, 2.45) is 0 Å². The Balaban J connectivity index is 1.56. The molecule has 2 aromatic carbocycles. The van der Waals surface area contributed by atoms with Crippen molar-refractivity contribution in [2.75, 3.05) is 41.7 Å². The molecule has 0 bridgehead atoms. The lowest BCUT2D eigenvalue weighted by Gasteiger charge is -2.36. The molecule has 1 fully saturated rings. The first-order valence-corrected chi connectivity index (χ1v) is 8.76. The second kappa shape index (κ2) is 7.91. The number of nitrogens with one attached hydrogen (secondary N) is 2. The Hall–Kier alpha value is -3.02. The predicted octanol–water partition coefficient (Wildman–Crippen LogP) is 3.31. The fourth-order valence-corrected chi connectivity index (χ4v) is 3.07. The summed E-state index contributed by atoms with van der Waals surface area (Å²) in [5, 5.41) is 5.62. The van der Waals surface area contributed by atoms with Crippen LogP contribution < -0.4 is 15.5 Å². The standard InChI is InChI=1S/C20H24N4O2/c1-15-5-3-8-19(13-15)23-9-11-24(12-10-23)20(26)22-18-7-4-6-17(14-18)21-16(2)25/h3-8,13-14H,9-12H2,1-2H3,(H,21,25)(H,22,26). The molecule has 0 aliphatic carbocycles. The molecule has 0 spiro atoms. The second-order valence-electron chi connectivity index (χ2n) is 6.51. The van der Waals surface area contributed by atoms with Crippen molar-refractivity contribution in [3.8, 4) is 0 Å². The Labute approximate surface area is 153 Å². The van der Waals surface area contributed by atoms with E-state index in [2.05, 4.69) is 46.7 Å². The van der Waals surface area contributed by atoms with E-state index in [9.17, 15) is 9.59 Å². The van der Waals surface area contributed by atoms with E-state index in [-0.39, 0.29) is 11.9 Å². The van der Waals surface area contributed by atoms with Crippen molar-refractivity contribution in [2.45, 2.75) is 13.8 Å². The number of rotatable bonds is 3. The van der Waals surface area contributed by atoms with E-state index in [0.29, 0.717) is 24.5 Å². The van der Waals surface area contributed by atoms with Crippen LogP contribution in [0, 0.1) is 6.92 Å². The molecule has 3 amide bonds. The summed E-state index contributed by atoms with van der Waals surface area (Å²) in [5.41, 5.74) is 3.77. The first kappa shape index (κ1) is 17.8. The fourth-order valence-electron chi connectivity index (χ4n) is 3.07. The van der Waals surface area contributed by atoms with Crippen molar-refractivity contribution >= 4 is 29.0 Å². The van der Waals surface area contributed by atoms with Gasteiger partial charge in [0.15, 0.2) is 0 Å². The van der Waals surface area contributed by atoms with Gasteiger partial charge in [0, 0.05) is 50.2 Å². The van der Waals surface area contributed by atoms with Crippen LogP contribution in [0.1, 0.15) is 12.5 Å². The summed E-state index contributed by atoms with van der Waals surface area (Å²) >= 11 is 0. The highest BCUT2D eigenvalue weighted by molar-refractivity contribution is 5.92. The molecule has 3 rings (SSSR count). The molecule has 1 heterocycles. The Kier molecular flexibility index (Phi) is 5.41. The Morgan fingerprint density at radius 2 is 1.54 bits per heavy atom. The molecule has 0 atom stereocenters. The van der Waals surface area contributed by atoms with Gasteiger partial charge in [0.1, 0.15) is 0 Å². The number of carbonyl (C=O) groups excluding carboxylic acids is 2. The van der Waals surface area contributed by atoms with Crippen molar-refractivity contribution in [3.05, 3.63) is 54.1 Å². The van der Waals surface area contributed by atoms with Crippen molar-refractivity contribution < 1.29 is 9.59 Å².